The number of hydrogen-bond acceptors (Lipinski definition) is 3. The minimum Gasteiger partial charge on any atom is -0.451 e. The van der Waals surface area contributed by atoms with Gasteiger partial charge in [-0.05, 0) is 43.9 Å². The molecule has 2 rings (SSSR count). The number of carbonyl (C=O) groups excluding carboxylic acids is 1. The summed E-state index contributed by atoms with van der Waals surface area (Å²) >= 11 is 0. The number of amides is 1. The number of furan rings is 1. The van der Waals surface area contributed by atoms with Crippen LogP contribution in [0, 0.1) is 6.92 Å². The maximum atomic E-state index is 11.9. The van der Waals surface area contributed by atoms with Gasteiger partial charge in [0.05, 0.1) is 0 Å². The predicted octanol–water partition coefficient (Wildman–Crippen LogP) is 2.63. The molecule has 1 amide bonds. The third-order valence-corrected chi connectivity index (χ3v) is 3.02. The highest BCUT2D eigenvalue weighted by Crippen LogP contribution is 2.20. The summed E-state index contributed by atoms with van der Waals surface area (Å²) < 4.78 is 5.54. The molecule has 0 saturated carbocycles. The largest absolute Gasteiger partial charge is 0.451 e. The van der Waals surface area contributed by atoms with Gasteiger partial charge in [0.2, 0.25) is 0 Å². The zero-order valence-electron chi connectivity index (χ0n) is 11.1. The van der Waals surface area contributed by atoms with Crippen molar-refractivity contribution in [2.45, 2.75) is 26.2 Å². The zero-order chi connectivity index (χ0) is 13.7. The van der Waals surface area contributed by atoms with Crippen molar-refractivity contribution in [1.82, 2.24) is 5.32 Å². The van der Waals surface area contributed by atoms with Crippen LogP contribution in [0.2, 0.25) is 0 Å². The number of fused-ring (bicyclic) bond motifs is 1. The number of nitrogens with one attached hydrogen (secondary N) is 1. The molecule has 0 aliphatic rings. The van der Waals surface area contributed by atoms with E-state index in [1.54, 1.807) is 6.07 Å². The van der Waals surface area contributed by atoms with Gasteiger partial charge in [-0.3, -0.25) is 4.79 Å². The normalized spacial score (nSPS) is 10.8. The van der Waals surface area contributed by atoms with Crippen molar-refractivity contribution >= 4 is 16.9 Å². The second kappa shape index (κ2) is 6.38. The van der Waals surface area contributed by atoms with Crippen molar-refractivity contribution in [3.05, 3.63) is 35.6 Å². The van der Waals surface area contributed by atoms with E-state index in [0.29, 0.717) is 12.3 Å². The van der Waals surface area contributed by atoms with Gasteiger partial charge >= 0.3 is 0 Å². The van der Waals surface area contributed by atoms with E-state index in [1.165, 1.54) is 0 Å². The molecule has 1 aromatic carbocycles. The van der Waals surface area contributed by atoms with E-state index in [1.807, 2.05) is 25.1 Å². The maximum absolute atomic E-state index is 11.9. The van der Waals surface area contributed by atoms with Gasteiger partial charge in [-0.2, -0.15) is 0 Å². The Balaban J connectivity index is 1.94. The van der Waals surface area contributed by atoms with E-state index in [0.717, 1.165) is 35.8 Å². The fraction of sp³-hybridized carbons (Fsp3) is 0.400. The molecule has 1 aromatic heterocycles. The molecular weight excluding hydrogens is 242 g/mol. The molecule has 0 fully saturated rings. The summed E-state index contributed by atoms with van der Waals surface area (Å²) in [7, 11) is 0. The topological polar surface area (TPSA) is 62.5 Å². The summed E-state index contributed by atoms with van der Waals surface area (Å²) in [5.74, 6) is 0.167. The summed E-state index contributed by atoms with van der Waals surface area (Å²) in [4.78, 5) is 11.9. The minimum atomic E-state index is -0.183. The maximum Gasteiger partial charge on any atom is 0.287 e. The molecule has 0 saturated heterocycles. The van der Waals surface area contributed by atoms with Crippen LogP contribution in [0.1, 0.15) is 35.4 Å². The highest BCUT2D eigenvalue weighted by Gasteiger charge is 2.11. The highest BCUT2D eigenvalue weighted by atomic mass is 16.3. The summed E-state index contributed by atoms with van der Waals surface area (Å²) in [6, 6.07) is 7.63. The predicted molar refractivity (Wildman–Crippen MR) is 74.2 cm³/mol. The summed E-state index contributed by atoms with van der Waals surface area (Å²) in [5.41, 5.74) is 1.85. The molecule has 0 radical (unpaired) electrons. The molecule has 2 aromatic rings. The monoisotopic (exact) mass is 261 g/mol. The molecule has 19 heavy (non-hydrogen) atoms. The minimum absolute atomic E-state index is 0.183. The van der Waals surface area contributed by atoms with Gasteiger partial charge in [0.15, 0.2) is 5.76 Å². The Morgan fingerprint density at radius 1 is 1.26 bits per heavy atom. The highest BCUT2D eigenvalue weighted by molar-refractivity contribution is 5.96. The van der Waals surface area contributed by atoms with Crippen molar-refractivity contribution < 1.29 is 14.3 Å². The van der Waals surface area contributed by atoms with E-state index < -0.39 is 0 Å². The van der Waals surface area contributed by atoms with E-state index in [-0.39, 0.29) is 12.5 Å². The van der Waals surface area contributed by atoms with Gasteiger partial charge in [-0.25, -0.2) is 0 Å². The Bertz CT molecular complexity index is 560. The fourth-order valence-corrected chi connectivity index (χ4v) is 1.95. The quantitative estimate of drug-likeness (QED) is 0.786. The number of hydrogen-bond donors (Lipinski definition) is 2. The second-order valence-corrected chi connectivity index (χ2v) is 4.69. The summed E-state index contributed by atoms with van der Waals surface area (Å²) in [6.45, 7) is 2.80. The van der Waals surface area contributed by atoms with Crippen LogP contribution in [-0.4, -0.2) is 24.2 Å². The molecule has 2 N–H and O–H groups in total. The molecule has 0 atom stereocenters. The molecular formula is C15H19NO3. The Labute approximate surface area is 112 Å². The molecule has 102 valence electrons. The molecule has 0 aliphatic carbocycles. The van der Waals surface area contributed by atoms with Crippen LogP contribution in [0.15, 0.2) is 28.7 Å². The average Bonchev–Trinajstić information content (AvgIpc) is 2.81. The van der Waals surface area contributed by atoms with Gasteiger partial charge in [0, 0.05) is 18.5 Å². The van der Waals surface area contributed by atoms with E-state index in [9.17, 15) is 4.79 Å². The Hall–Kier alpha value is -1.81. The van der Waals surface area contributed by atoms with E-state index in [2.05, 4.69) is 5.32 Å². The second-order valence-electron chi connectivity index (χ2n) is 4.69. The van der Waals surface area contributed by atoms with Crippen LogP contribution in [0.4, 0.5) is 0 Å². The standard InChI is InChI=1S/C15H19NO3/c1-11-5-6-12-10-14(19-13(12)9-11)15(18)16-7-3-2-4-8-17/h5-6,9-10,17H,2-4,7-8H2,1H3,(H,16,18). The molecule has 0 bridgehead atoms. The molecule has 4 nitrogen and oxygen atoms in total. The lowest BCUT2D eigenvalue weighted by Gasteiger charge is -2.01. The third kappa shape index (κ3) is 3.58. The van der Waals surface area contributed by atoms with E-state index in [4.69, 9.17) is 9.52 Å². The lowest BCUT2D eigenvalue weighted by molar-refractivity contribution is 0.0927. The Morgan fingerprint density at radius 3 is 2.89 bits per heavy atom. The van der Waals surface area contributed by atoms with Gasteiger partial charge in [0.25, 0.3) is 5.91 Å². The number of carbonyl (C=O) groups is 1. The Kier molecular flexibility index (Phi) is 4.58. The number of rotatable bonds is 6. The lowest BCUT2D eigenvalue weighted by Crippen LogP contribution is -2.23. The van der Waals surface area contributed by atoms with Crippen LogP contribution >= 0.6 is 0 Å². The fourth-order valence-electron chi connectivity index (χ4n) is 1.95. The lowest BCUT2D eigenvalue weighted by atomic mass is 10.2. The first-order valence-corrected chi connectivity index (χ1v) is 6.60. The molecule has 0 spiro atoms. The van der Waals surface area contributed by atoms with Gasteiger partial charge in [-0.1, -0.05) is 12.1 Å². The SMILES string of the molecule is Cc1ccc2cc(C(=O)NCCCCCO)oc2c1. The molecule has 0 aliphatic heterocycles. The molecule has 4 heteroatoms. The smallest absolute Gasteiger partial charge is 0.287 e. The van der Waals surface area contributed by atoms with Crippen LogP contribution in [0.5, 0.6) is 0 Å². The van der Waals surface area contributed by atoms with Crippen molar-refractivity contribution in [3.8, 4) is 0 Å². The van der Waals surface area contributed by atoms with Crippen molar-refractivity contribution in [2.75, 3.05) is 13.2 Å². The molecule has 0 unspecified atom stereocenters. The first-order valence-electron chi connectivity index (χ1n) is 6.60. The molecule has 1 heterocycles. The number of aliphatic hydroxyl groups excluding tert-OH is 1. The van der Waals surface area contributed by atoms with Gasteiger partial charge < -0.3 is 14.8 Å². The zero-order valence-corrected chi connectivity index (χ0v) is 11.1. The van der Waals surface area contributed by atoms with Crippen molar-refractivity contribution in [2.24, 2.45) is 0 Å². The van der Waals surface area contributed by atoms with Crippen LogP contribution < -0.4 is 5.32 Å². The van der Waals surface area contributed by atoms with Gasteiger partial charge in [0.1, 0.15) is 5.58 Å². The third-order valence-electron chi connectivity index (χ3n) is 3.02. The number of aliphatic hydroxyl groups is 1. The first kappa shape index (κ1) is 13.6. The Morgan fingerprint density at radius 2 is 2.11 bits per heavy atom. The van der Waals surface area contributed by atoms with E-state index >= 15 is 0 Å². The van der Waals surface area contributed by atoms with Crippen molar-refractivity contribution in [3.63, 3.8) is 0 Å². The number of aryl methyl sites for hydroxylation is 1. The van der Waals surface area contributed by atoms with Crippen LogP contribution in [-0.2, 0) is 0 Å². The van der Waals surface area contributed by atoms with Gasteiger partial charge in [-0.15, -0.1) is 0 Å². The van der Waals surface area contributed by atoms with Crippen molar-refractivity contribution in [1.29, 1.82) is 0 Å². The van der Waals surface area contributed by atoms with Crippen LogP contribution in [0.25, 0.3) is 11.0 Å². The average molecular weight is 261 g/mol. The number of unbranched alkanes of at least 4 members (excludes halogenated alkanes) is 2. The first-order chi connectivity index (χ1) is 9.20. The summed E-state index contributed by atoms with van der Waals surface area (Å²) in [6.07, 6.45) is 2.56. The number of benzene rings is 1. The van der Waals surface area contributed by atoms with Crippen LogP contribution in [0.3, 0.4) is 0 Å². The summed E-state index contributed by atoms with van der Waals surface area (Å²) in [5, 5.41) is 12.4.